The van der Waals surface area contributed by atoms with E-state index < -0.39 is 11.4 Å². The Balaban J connectivity index is 2.04. The number of fused-ring (bicyclic) bond motifs is 1. The summed E-state index contributed by atoms with van der Waals surface area (Å²) < 4.78 is 5.37. The minimum Gasteiger partial charge on any atom is -0.481 e. The molecule has 0 aromatic carbocycles. The molecule has 0 spiro atoms. The fourth-order valence-corrected chi connectivity index (χ4v) is 3.54. The van der Waals surface area contributed by atoms with E-state index in [4.69, 9.17) is 4.74 Å². The molecule has 0 saturated carbocycles. The normalized spacial score (nSPS) is 14.6. The van der Waals surface area contributed by atoms with Crippen LogP contribution in [-0.2, 0) is 22.6 Å². The number of hydrogen-bond donors (Lipinski definition) is 2. The highest BCUT2D eigenvalue weighted by atomic mass is 32.1. The Kier molecular flexibility index (Phi) is 5.00. The molecule has 0 bridgehead atoms. The second-order valence-corrected chi connectivity index (χ2v) is 6.47. The van der Waals surface area contributed by atoms with Crippen LogP contribution < -0.4 is 5.32 Å². The molecule has 1 aromatic heterocycles. The molecule has 116 valence electrons. The summed E-state index contributed by atoms with van der Waals surface area (Å²) in [6.45, 7) is 5.09. The van der Waals surface area contributed by atoms with Crippen molar-refractivity contribution in [1.82, 2.24) is 5.32 Å². The number of thiophene rings is 1. The lowest BCUT2D eigenvalue weighted by Crippen LogP contribution is -2.42. The van der Waals surface area contributed by atoms with E-state index in [0.29, 0.717) is 30.9 Å². The topological polar surface area (TPSA) is 75.6 Å². The van der Waals surface area contributed by atoms with Crippen LogP contribution in [0.1, 0.15) is 46.8 Å². The first-order chi connectivity index (χ1) is 10.0. The van der Waals surface area contributed by atoms with Crippen molar-refractivity contribution in [2.75, 3.05) is 13.2 Å². The number of carboxylic acid groups (broad SMARTS) is 1. The van der Waals surface area contributed by atoms with Crippen LogP contribution in [0.4, 0.5) is 0 Å². The lowest BCUT2D eigenvalue weighted by molar-refractivity contribution is -0.149. The number of ether oxygens (including phenoxy) is 1. The molecule has 0 radical (unpaired) electrons. The average molecular weight is 311 g/mol. The molecule has 5 nitrogen and oxygen atoms in total. The first-order valence-electron chi connectivity index (χ1n) is 7.23. The number of carbonyl (C=O) groups excluding carboxylic acids is 1. The zero-order valence-electron chi connectivity index (χ0n) is 12.4. The van der Waals surface area contributed by atoms with E-state index in [9.17, 15) is 14.7 Å². The SMILES string of the molecule is CCC(CC)(CNC(=O)c1cc2c(s1)CCOC2)C(=O)O. The molecule has 0 atom stereocenters. The fourth-order valence-electron chi connectivity index (χ4n) is 2.47. The third kappa shape index (κ3) is 3.27. The van der Waals surface area contributed by atoms with Crippen molar-refractivity contribution in [2.45, 2.75) is 39.7 Å². The highest BCUT2D eigenvalue weighted by molar-refractivity contribution is 7.14. The smallest absolute Gasteiger partial charge is 0.311 e. The summed E-state index contributed by atoms with van der Waals surface area (Å²) in [5, 5.41) is 12.2. The van der Waals surface area contributed by atoms with E-state index in [0.717, 1.165) is 12.0 Å². The van der Waals surface area contributed by atoms with Crippen LogP contribution in [-0.4, -0.2) is 30.1 Å². The predicted octanol–water partition coefficient (Wildman–Crippen LogP) is 2.44. The van der Waals surface area contributed by atoms with Gasteiger partial charge in [-0.1, -0.05) is 13.8 Å². The highest BCUT2D eigenvalue weighted by Crippen LogP contribution is 2.28. The van der Waals surface area contributed by atoms with Crippen LogP contribution >= 0.6 is 11.3 Å². The first kappa shape index (κ1) is 16.0. The van der Waals surface area contributed by atoms with Gasteiger partial charge in [-0.2, -0.15) is 0 Å². The van der Waals surface area contributed by atoms with Gasteiger partial charge in [0.2, 0.25) is 0 Å². The molecule has 1 aliphatic rings. The molecular weight excluding hydrogens is 290 g/mol. The third-order valence-electron chi connectivity index (χ3n) is 4.25. The van der Waals surface area contributed by atoms with Gasteiger partial charge in [0.1, 0.15) is 0 Å². The second kappa shape index (κ2) is 6.58. The Morgan fingerprint density at radius 2 is 2.14 bits per heavy atom. The zero-order valence-corrected chi connectivity index (χ0v) is 13.2. The van der Waals surface area contributed by atoms with Crippen molar-refractivity contribution in [1.29, 1.82) is 0 Å². The van der Waals surface area contributed by atoms with Crippen molar-refractivity contribution in [2.24, 2.45) is 5.41 Å². The van der Waals surface area contributed by atoms with Crippen LogP contribution in [0, 0.1) is 5.41 Å². The molecule has 2 heterocycles. The molecule has 21 heavy (non-hydrogen) atoms. The molecule has 0 fully saturated rings. The summed E-state index contributed by atoms with van der Waals surface area (Å²) in [6, 6.07) is 1.86. The number of amides is 1. The highest BCUT2D eigenvalue weighted by Gasteiger charge is 2.35. The molecular formula is C15H21NO4S. The standard InChI is InChI=1S/C15H21NO4S/c1-3-15(4-2,14(18)19)9-16-13(17)12-7-10-8-20-6-5-11(10)21-12/h7H,3-6,8-9H2,1-2H3,(H,16,17)(H,18,19). The molecule has 2 rings (SSSR count). The lowest BCUT2D eigenvalue weighted by Gasteiger charge is -2.26. The van der Waals surface area contributed by atoms with Gasteiger partial charge in [-0.15, -0.1) is 11.3 Å². The van der Waals surface area contributed by atoms with E-state index in [-0.39, 0.29) is 12.5 Å². The Hall–Kier alpha value is -1.40. The van der Waals surface area contributed by atoms with Gasteiger partial charge in [-0.3, -0.25) is 9.59 Å². The van der Waals surface area contributed by atoms with E-state index >= 15 is 0 Å². The van der Waals surface area contributed by atoms with E-state index in [1.165, 1.54) is 16.2 Å². The predicted molar refractivity (Wildman–Crippen MR) is 80.7 cm³/mol. The van der Waals surface area contributed by atoms with Gasteiger partial charge in [0.15, 0.2) is 0 Å². The van der Waals surface area contributed by atoms with Gasteiger partial charge in [0.05, 0.1) is 23.5 Å². The van der Waals surface area contributed by atoms with Gasteiger partial charge in [0, 0.05) is 17.8 Å². The van der Waals surface area contributed by atoms with Crippen LogP contribution in [0.15, 0.2) is 6.07 Å². The van der Waals surface area contributed by atoms with Gasteiger partial charge < -0.3 is 15.2 Å². The van der Waals surface area contributed by atoms with E-state index in [2.05, 4.69) is 5.32 Å². The third-order valence-corrected chi connectivity index (χ3v) is 5.48. The molecule has 1 aliphatic heterocycles. The van der Waals surface area contributed by atoms with Gasteiger partial charge in [-0.05, 0) is 24.5 Å². The lowest BCUT2D eigenvalue weighted by atomic mass is 9.82. The quantitative estimate of drug-likeness (QED) is 0.846. The first-order valence-corrected chi connectivity index (χ1v) is 8.05. The number of hydrogen-bond acceptors (Lipinski definition) is 4. The summed E-state index contributed by atoms with van der Waals surface area (Å²) >= 11 is 1.48. The number of rotatable bonds is 6. The summed E-state index contributed by atoms with van der Waals surface area (Å²) in [5.41, 5.74) is 0.196. The molecule has 1 aromatic rings. The number of nitrogens with one attached hydrogen (secondary N) is 1. The number of carboxylic acids is 1. The molecule has 6 heteroatoms. The Morgan fingerprint density at radius 1 is 1.43 bits per heavy atom. The summed E-state index contributed by atoms with van der Waals surface area (Å²) in [7, 11) is 0. The fraction of sp³-hybridized carbons (Fsp3) is 0.600. The molecule has 1 amide bonds. The second-order valence-electron chi connectivity index (χ2n) is 5.34. The zero-order chi connectivity index (χ0) is 15.5. The maximum atomic E-state index is 12.2. The maximum absolute atomic E-state index is 12.2. The number of carbonyl (C=O) groups is 2. The van der Waals surface area contributed by atoms with Crippen LogP contribution in [0.3, 0.4) is 0 Å². The van der Waals surface area contributed by atoms with Gasteiger partial charge in [-0.25, -0.2) is 0 Å². The minimum absolute atomic E-state index is 0.160. The molecule has 0 aliphatic carbocycles. The Labute approximate surface area is 128 Å². The van der Waals surface area contributed by atoms with Crippen molar-refractivity contribution in [3.8, 4) is 0 Å². The molecule has 0 unspecified atom stereocenters. The number of aliphatic carboxylic acids is 1. The summed E-state index contributed by atoms with van der Waals surface area (Å²) in [4.78, 5) is 25.5. The van der Waals surface area contributed by atoms with Gasteiger partial charge >= 0.3 is 5.97 Å². The van der Waals surface area contributed by atoms with Crippen molar-refractivity contribution in [3.63, 3.8) is 0 Å². The van der Waals surface area contributed by atoms with E-state index in [1.54, 1.807) is 0 Å². The summed E-state index contributed by atoms with van der Waals surface area (Å²) in [5.74, 6) is -1.05. The van der Waals surface area contributed by atoms with Crippen molar-refractivity contribution in [3.05, 3.63) is 21.4 Å². The maximum Gasteiger partial charge on any atom is 0.311 e. The Morgan fingerprint density at radius 3 is 2.71 bits per heavy atom. The molecule has 0 saturated heterocycles. The van der Waals surface area contributed by atoms with Crippen LogP contribution in [0.5, 0.6) is 0 Å². The van der Waals surface area contributed by atoms with E-state index in [1.807, 2.05) is 19.9 Å². The van der Waals surface area contributed by atoms with Crippen molar-refractivity contribution < 1.29 is 19.4 Å². The van der Waals surface area contributed by atoms with Crippen molar-refractivity contribution >= 4 is 23.2 Å². The average Bonchev–Trinajstić information content (AvgIpc) is 2.92. The Bertz CT molecular complexity index is 510. The molecule has 2 N–H and O–H groups in total. The van der Waals surface area contributed by atoms with Crippen LogP contribution in [0.2, 0.25) is 0 Å². The summed E-state index contributed by atoms with van der Waals surface area (Å²) in [6.07, 6.45) is 1.83. The van der Waals surface area contributed by atoms with Crippen LogP contribution in [0.25, 0.3) is 0 Å². The minimum atomic E-state index is -0.879. The monoisotopic (exact) mass is 311 g/mol. The largest absolute Gasteiger partial charge is 0.481 e. The van der Waals surface area contributed by atoms with Gasteiger partial charge in [0.25, 0.3) is 5.91 Å².